The van der Waals surface area contributed by atoms with Gasteiger partial charge in [-0.25, -0.2) is 0 Å². The zero-order chi connectivity index (χ0) is 14.9. The van der Waals surface area contributed by atoms with Crippen LogP contribution in [0.1, 0.15) is 48.8 Å². The average molecular weight is 282 g/mol. The maximum absolute atomic E-state index is 11.1. The highest BCUT2D eigenvalue weighted by molar-refractivity contribution is 5.45. The van der Waals surface area contributed by atoms with Crippen molar-refractivity contribution in [3.05, 3.63) is 65.2 Å². The Balaban J connectivity index is 2.01. The van der Waals surface area contributed by atoms with Crippen LogP contribution < -0.4 is 4.74 Å². The van der Waals surface area contributed by atoms with Gasteiger partial charge in [0.05, 0.1) is 7.11 Å². The fraction of sp³-hybridized carbons (Fsp3) is 0.368. The molecule has 2 heteroatoms. The molecule has 0 amide bonds. The predicted octanol–water partition coefficient (Wildman–Crippen LogP) is 4.22. The summed E-state index contributed by atoms with van der Waals surface area (Å²) in [5, 5.41) is 11.1. The summed E-state index contributed by atoms with van der Waals surface area (Å²) in [6.45, 7) is 1.84. The third-order valence-electron chi connectivity index (χ3n) is 4.66. The van der Waals surface area contributed by atoms with Crippen LogP contribution in [0.3, 0.4) is 0 Å². The summed E-state index contributed by atoms with van der Waals surface area (Å²) < 4.78 is 5.40. The number of ether oxygens (including phenoxy) is 1. The van der Waals surface area contributed by atoms with E-state index in [2.05, 4.69) is 12.1 Å². The van der Waals surface area contributed by atoms with E-state index < -0.39 is 5.60 Å². The first-order chi connectivity index (χ1) is 10.1. The maximum atomic E-state index is 11.1. The molecule has 0 bridgehead atoms. The van der Waals surface area contributed by atoms with E-state index in [1.165, 1.54) is 24.8 Å². The summed E-state index contributed by atoms with van der Waals surface area (Å²) >= 11 is 0. The van der Waals surface area contributed by atoms with Gasteiger partial charge in [0.1, 0.15) is 11.4 Å². The third kappa shape index (κ3) is 2.56. The molecule has 110 valence electrons. The molecule has 0 saturated heterocycles. The van der Waals surface area contributed by atoms with Gasteiger partial charge in [0.2, 0.25) is 0 Å². The zero-order valence-corrected chi connectivity index (χ0v) is 12.7. The van der Waals surface area contributed by atoms with E-state index in [0.717, 1.165) is 16.9 Å². The number of benzene rings is 2. The van der Waals surface area contributed by atoms with Crippen LogP contribution in [0.2, 0.25) is 0 Å². The molecule has 1 saturated carbocycles. The Kier molecular flexibility index (Phi) is 3.73. The number of aliphatic hydroxyl groups is 1. The number of rotatable bonds is 4. The average Bonchev–Trinajstić information content (AvgIpc) is 2.46. The summed E-state index contributed by atoms with van der Waals surface area (Å²) in [6.07, 6.45) is 3.85. The Labute approximate surface area is 126 Å². The van der Waals surface area contributed by atoms with Crippen molar-refractivity contribution in [2.24, 2.45) is 0 Å². The first-order valence-electron chi connectivity index (χ1n) is 7.59. The van der Waals surface area contributed by atoms with E-state index in [1.807, 2.05) is 43.3 Å². The Morgan fingerprint density at radius 2 is 1.86 bits per heavy atom. The Bertz CT molecular complexity index is 627. The molecule has 1 N–H and O–H groups in total. The van der Waals surface area contributed by atoms with Gasteiger partial charge in [0.25, 0.3) is 0 Å². The lowest BCUT2D eigenvalue weighted by Crippen LogP contribution is -2.24. The van der Waals surface area contributed by atoms with E-state index >= 15 is 0 Å². The fourth-order valence-corrected chi connectivity index (χ4v) is 3.04. The van der Waals surface area contributed by atoms with E-state index in [1.54, 1.807) is 7.11 Å². The molecule has 1 unspecified atom stereocenters. The molecule has 2 aromatic carbocycles. The topological polar surface area (TPSA) is 29.5 Å². The fourth-order valence-electron chi connectivity index (χ4n) is 3.04. The predicted molar refractivity (Wildman–Crippen MR) is 84.7 cm³/mol. The van der Waals surface area contributed by atoms with Gasteiger partial charge in [-0.2, -0.15) is 0 Å². The molecule has 21 heavy (non-hydrogen) atoms. The van der Waals surface area contributed by atoms with Crippen LogP contribution in [0, 0.1) is 0 Å². The molecule has 0 spiro atoms. The van der Waals surface area contributed by atoms with Gasteiger partial charge in [-0.05, 0) is 42.9 Å². The first-order valence-corrected chi connectivity index (χ1v) is 7.59. The molecule has 1 fully saturated rings. The van der Waals surface area contributed by atoms with Gasteiger partial charge in [-0.3, -0.25) is 0 Å². The van der Waals surface area contributed by atoms with Crippen LogP contribution in [0.5, 0.6) is 5.75 Å². The highest BCUT2D eigenvalue weighted by Gasteiger charge is 2.30. The Morgan fingerprint density at radius 1 is 1.10 bits per heavy atom. The number of methoxy groups -OCH3 is 1. The molecule has 2 aromatic rings. The highest BCUT2D eigenvalue weighted by atomic mass is 16.5. The molecule has 0 heterocycles. The van der Waals surface area contributed by atoms with Crippen molar-refractivity contribution in [1.29, 1.82) is 0 Å². The quantitative estimate of drug-likeness (QED) is 0.910. The molecule has 0 aromatic heterocycles. The molecule has 0 radical (unpaired) electrons. The third-order valence-corrected chi connectivity index (χ3v) is 4.66. The summed E-state index contributed by atoms with van der Waals surface area (Å²) in [5.41, 5.74) is 2.02. The molecule has 1 aliphatic rings. The second-order valence-corrected chi connectivity index (χ2v) is 6.03. The number of hydrogen-bond donors (Lipinski definition) is 1. The molecular formula is C19H22O2. The first kappa shape index (κ1) is 14.2. The summed E-state index contributed by atoms with van der Waals surface area (Å²) in [4.78, 5) is 0. The lowest BCUT2D eigenvalue weighted by atomic mass is 9.78. The van der Waals surface area contributed by atoms with Crippen LogP contribution in [-0.2, 0) is 5.60 Å². The van der Waals surface area contributed by atoms with Gasteiger partial charge >= 0.3 is 0 Å². The van der Waals surface area contributed by atoms with Gasteiger partial charge < -0.3 is 9.84 Å². The molecule has 0 aliphatic heterocycles. The normalized spacial score (nSPS) is 17.9. The Morgan fingerprint density at radius 3 is 2.52 bits per heavy atom. The summed E-state index contributed by atoms with van der Waals surface area (Å²) in [5.74, 6) is 1.38. The summed E-state index contributed by atoms with van der Waals surface area (Å²) in [7, 11) is 1.64. The summed E-state index contributed by atoms with van der Waals surface area (Å²) in [6, 6.07) is 16.0. The second-order valence-electron chi connectivity index (χ2n) is 6.03. The van der Waals surface area contributed by atoms with Crippen molar-refractivity contribution >= 4 is 0 Å². The van der Waals surface area contributed by atoms with E-state index in [-0.39, 0.29) is 0 Å². The second kappa shape index (κ2) is 5.53. The number of hydrogen-bond acceptors (Lipinski definition) is 2. The van der Waals surface area contributed by atoms with Gasteiger partial charge in [0.15, 0.2) is 0 Å². The van der Waals surface area contributed by atoms with Crippen molar-refractivity contribution in [2.45, 2.75) is 37.7 Å². The largest absolute Gasteiger partial charge is 0.496 e. The zero-order valence-electron chi connectivity index (χ0n) is 12.7. The highest BCUT2D eigenvalue weighted by Crippen LogP contribution is 2.40. The van der Waals surface area contributed by atoms with Gasteiger partial charge in [-0.15, -0.1) is 0 Å². The molecule has 3 rings (SSSR count). The Hall–Kier alpha value is -1.80. The lowest BCUT2D eigenvalue weighted by molar-refractivity contribution is 0.0988. The molecular weight excluding hydrogens is 260 g/mol. The minimum Gasteiger partial charge on any atom is -0.496 e. The molecule has 1 atom stereocenters. The van der Waals surface area contributed by atoms with Gasteiger partial charge in [0, 0.05) is 5.56 Å². The van der Waals surface area contributed by atoms with Crippen molar-refractivity contribution in [3.63, 3.8) is 0 Å². The van der Waals surface area contributed by atoms with Crippen molar-refractivity contribution in [2.75, 3.05) is 7.11 Å². The van der Waals surface area contributed by atoms with E-state index in [4.69, 9.17) is 4.74 Å². The maximum Gasteiger partial charge on any atom is 0.125 e. The molecule has 1 aliphatic carbocycles. The standard InChI is InChI=1S/C19H22O2/c1-19(20,17-11-3-4-12-18(17)21-2)16-10-6-9-15(13-16)14-7-5-8-14/h3-4,6,9-14,20H,5,7-8H2,1-2H3. The van der Waals surface area contributed by atoms with E-state index in [0.29, 0.717) is 5.92 Å². The van der Waals surface area contributed by atoms with Gasteiger partial charge in [-0.1, -0.05) is 48.9 Å². The minimum absolute atomic E-state index is 0.665. The van der Waals surface area contributed by atoms with Crippen molar-refractivity contribution in [3.8, 4) is 5.75 Å². The monoisotopic (exact) mass is 282 g/mol. The molecule has 2 nitrogen and oxygen atoms in total. The SMILES string of the molecule is COc1ccccc1C(C)(O)c1cccc(C2CCC2)c1. The number of para-hydroxylation sites is 1. The van der Waals surface area contributed by atoms with Crippen LogP contribution in [0.4, 0.5) is 0 Å². The van der Waals surface area contributed by atoms with Crippen LogP contribution in [-0.4, -0.2) is 12.2 Å². The van der Waals surface area contributed by atoms with Crippen molar-refractivity contribution < 1.29 is 9.84 Å². The van der Waals surface area contributed by atoms with Crippen LogP contribution >= 0.6 is 0 Å². The lowest BCUT2D eigenvalue weighted by Gasteiger charge is -2.30. The smallest absolute Gasteiger partial charge is 0.125 e. The van der Waals surface area contributed by atoms with Crippen LogP contribution in [0.15, 0.2) is 48.5 Å². The van der Waals surface area contributed by atoms with E-state index in [9.17, 15) is 5.11 Å². The van der Waals surface area contributed by atoms with Crippen LogP contribution in [0.25, 0.3) is 0 Å². The van der Waals surface area contributed by atoms with Crippen molar-refractivity contribution in [1.82, 2.24) is 0 Å². The minimum atomic E-state index is -1.05.